The van der Waals surface area contributed by atoms with E-state index in [2.05, 4.69) is 42.6 Å². The third-order valence-electron chi connectivity index (χ3n) is 16.0. The zero-order chi connectivity index (χ0) is 63.3. The van der Waals surface area contributed by atoms with Gasteiger partial charge in [0.2, 0.25) is 17.7 Å². The van der Waals surface area contributed by atoms with Crippen LogP contribution >= 0.6 is 34.0 Å². The van der Waals surface area contributed by atoms with Crippen LogP contribution in [-0.2, 0) is 40.3 Å². The smallest absolute Gasteiger partial charge is 0.355 e. The number of aromatic carboxylic acids is 1. The Kier molecular flexibility index (Phi) is 21.7. The standard InChI is InChI=1S/C67H72FN9O10S3/c1-41(2)59(64(82)77-38-47(78)35-52(77)63(81)69-37-44-23-26-46(27-24-44)61-42(3)70-40-88-61)54-36-57(74-87-54)86-32-12-8-6-5-7-9-22-58(79)75(4)30-14-16-43-25-28-53(50(68)34-43)85-33-15-21-56-60(65(83)84)72-67(90-56)76-31-29-45-17-13-18-48(49(45)39-76)62(80)73-66-71-51-19-10-11-20-55(51)89-66/h10-11,13,17-20,23-28,34,36,40-41,47,52,59,78H,5-9,12,15,21-22,29-33,35,37-39H2,1-4H3,(H,69,81)(H,83,84)(H,71,73,80)/t47-,52+,59?/m1/s1. The molecule has 470 valence electrons. The molecule has 0 spiro atoms. The van der Waals surface area contributed by atoms with Crippen molar-refractivity contribution in [3.63, 3.8) is 0 Å². The molecule has 4 amide bonds. The van der Waals surface area contributed by atoms with E-state index in [9.17, 15) is 34.2 Å². The van der Waals surface area contributed by atoms with Gasteiger partial charge in [0.25, 0.3) is 11.8 Å². The van der Waals surface area contributed by atoms with E-state index in [4.69, 9.17) is 14.0 Å². The monoisotopic (exact) mass is 1280 g/mol. The lowest BCUT2D eigenvalue weighted by molar-refractivity contribution is -0.141. The van der Waals surface area contributed by atoms with Gasteiger partial charge in [0.05, 0.1) is 52.2 Å². The van der Waals surface area contributed by atoms with E-state index in [-0.39, 0.29) is 79.5 Å². The van der Waals surface area contributed by atoms with E-state index in [1.165, 1.54) is 39.7 Å². The topological polar surface area (TPSA) is 243 Å². The average Bonchev–Trinajstić information content (AvgIpc) is 1.51. The molecule has 90 heavy (non-hydrogen) atoms. The molecule has 4 aromatic carbocycles. The highest BCUT2D eigenvalue weighted by Crippen LogP contribution is 2.36. The minimum atomic E-state index is -1.14. The number of anilines is 2. The first kappa shape index (κ1) is 64.4. The summed E-state index contributed by atoms with van der Waals surface area (Å²) in [6, 6.07) is 26.5. The Labute approximate surface area is 533 Å². The van der Waals surface area contributed by atoms with E-state index in [0.29, 0.717) is 77.4 Å². The third kappa shape index (κ3) is 16.2. The normalized spacial score (nSPS) is 14.9. The number of aliphatic hydroxyl groups is 1. The van der Waals surface area contributed by atoms with Crippen LogP contribution in [0.5, 0.6) is 11.6 Å². The number of rotatable bonds is 27. The number of hydrogen-bond acceptors (Lipinski definition) is 17. The molecule has 8 aromatic rings. The largest absolute Gasteiger partial charge is 0.491 e. The predicted molar refractivity (Wildman–Crippen MR) is 345 cm³/mol. The molecule has 2 aliphatic heterocycles. The summed E-state index contributed by atoms with van der Waals surface area (Å²) in [5.41, 5.74) is 8.38. The van der Waals surface area contributed by atoms with Crippen molar-refractivity contribution >= 4 is 84.1 Å². The van der Waals surface area contributed by atoms with Gasteiger partial charge in [-0.3, -0.25) is 24.5 Å². The van der Waals surface area contributed by atoms with Crippen LogP contribution in [-0.4, -0.2) is 122 Å². The Morgan fingerprint density at radius 3 is 2.47 bits per heavy atom. The van der Waals surface area contributed by atoms with Gasteiger partial charge in [-0.25, -0.2) is 24.1 Å². The van der Waals surface area contributed by atoms with Gasteiger partial charge >= 0.3 is 5.97 Å². The zero-order valence-electron chi connectivity index (χ0n) is 50.7. The van der Waals surface area contributed by atoms with Gasteiger partial charge in [0.1, 0.15) is 12.0 Å². The van der Waals surface area contributed by atoms with Crippen molar-refractivity contribution in [3.05, 3.63) is 152 Å². The van der Waals surface area contributed by atoms with Gasteiger partial charge in [0, 0.05) is 68.1 Å². The SMILES string of the molecule is Cc1ncsc1-c1ccc(CNC(=O)[C@@H]2C[C@@H](O)CN2C(=O)C(c2cc(OCCCCCCCCC(=O)N(C)CC#Cc3ccc(OCCCc4sc(N5CCc6cccc(C(=O)Nc7nc8ccccc8s7)c6C5)nc4C(=O)O)c(F)c3)no2)C(C)C)cc1. The number of aromatic nitrogens is 4. The maximum Gasteiger partial charge on any atom is 0.355 e. The number of likely N-dealkylation sites (tertiary alicyclic amines) is 1. The van der Waals surface area contributed by atoms with Crippen molar-refractivity contribution < 1.29 is 52.6 Å². The summed E-state index contributed by atoms with van der Waals surface area (Å²) in [6.07, 6.45) is 6.31. The molecule has 19 nitrogen and oxygen atoms in total. The number of halogens is 1. The van der Waals surface area contributed by atoms with Crippen molar-refractivity contribution in [1.82, 2.24) is 35.2 Å². The number of aliphatic hydroxyl groups excluding tert-OH is 1. The molecular weight excluding hydrogens is 1210 g/mol. The van der Waals surface area contributed by atoms with Gasteiger partial charge in [-0.15, -0.1) is 22.7 Å². The van der Waals surface area contributed by atoms with Crippen molar-refractivity contribution in [3.8, 4) is 33.9 Å². The Bertz CT molecular complexity index is 3870. The van der Waals surface area contributed by atoms with Crippen LogP contribution in [0.15, 0.2) is 101 Å². The summed E-state index contributed by atoms with van der Waals surface area (Å²) in [7, 11) is 1.69. The number of nitrogens with zero attached hydrogens (tertiary/aromatic N) is 7. The van der Waals surface area contributed by atoms with Crippen molar-refractivity contribution in [2.24, 2.45) is 5.92 Å². The molecule has 0 bridgehead atoms. The molecule has 0 radical (unpaired) electrons. The first-order valence-corrected chi connectivity index (χ1v) is 32.8. The number of thiazole rings is 3. The van der Waals surface area contributed by atoms with Crippen LogP contribution in [0.4, 0.5) is 14.7 Å². The molecule has 1 unspecified atom stereocenters. The molecule has 0 saturated carbocycles. The van der Waals surface area contributed by atoms with E-state index in [0.717, 1.165) is 81.6 Å². The zero-order valence-corrected chi connectivity index (χ0v) is 53.1. The molecule has 4 N–H and O–H groups in total. The number of carbonyl (C=O) groups excluding carboxylic acids is 4. The Hall–Kier alpha value is -8.56. The number of para-hydroxylation sites is 1. The average molecular weight is 1280 g/mol. The summed E-state index contributed by atoms with van der Waals surface area (Å²) in [4.78, 5) is 86.5. The van der Waals surface area contributed by atoms with Gasteiger partial charge in [-0.05, 0) is 109 Å². The van der Waals surface area contributed by atoms with Gasteiger partial charge in [-0.2, -0.15) is 0 Å². The number of hydrogen-bond donors (Lipinski definition) is 4. The maximum absolute atomic E-state index is 15.2. The predicted octanol–water partition coefficient (Wildman–Crippen LogP) is 11.5. The number of aryl methyl sites for hydroxylation is 2. The summed E-state index contributed by atoms with van der Waals surface area (Å²) in [5, 5.41) is 31.8. The van der Waals surface area contributed by atoms with Crippen LogP contribution < -0.4 is 25.0 Å². The second kappa shape index (κ2) is 30.3. The quantitative estimate of drug-likeness (QED) is 0.0276. The van der Waals surface area contributed by atoms with Gasteiger partial charge in [0.15, 0.2) is 33.3 Å². The number of ether oxygens (including phenoxy) is 2. The number of carboxylic acid groups (broad SMARTS) is 1. The lowest BCUT2D eigenvalue weighted by Gasteiger charge is -2.29. The first-order chi connectivity index (χ1) is 43.6. The molecule has 3 atom stereocenters. The maximum atomic E-state index is 15.2. The number of nitrogens with one attached hydrogen (secondary N) is 2. The highest BCUT2D eigenvalue weighted by atomic mass is 32.1. The molecular formula is C67H72FN9O10S3. The Morgan fingerprint density at radius 1 is 0.911 bits per heavy atom. The molecule has 2 aliphatic rings. The fraction of sp³-hybridized carbons (Fsp3) is 0.388. The second-order valence-electron chi connectivity index (χ2n) is 22.9. The molecule has 0 aliphatic carbocycles. The van der Waals surface area contributed by atoms with E-state index in [1.54, 1.807) is 41.5 Å². The first-order valence-electron chi connectivity index (χ1n) is 30.3. The summed E-state index contributed by atoms with van der Waals surface area (Å²) >= 11 is 4.28. The van der Waals surface area contributed by atoms with Crippen molar-refractivity contribution in [1.29, 1.82) is 0 Å². The molecule has 1 saturated heterocycles. The minimum Gasteiger partial charge on any atom is -0.491 e. The minimum absolute atomic E-state index is 0.0276. The molecule has 23 heteroatoms. The Balaban J connectivity index is 0.592. The van der Waals surface area contributed by atoms with E-state index >= 15 is 4.39 Å². The van der Waals surface area contributed by atoms with Crippen LogP contribution in [0.25, 0.3) is 20.7 Å². The molecule has 10 rings (SSSR count). The van der Waals surface area contributed by atoms with E-state index in [1.807, 2.05) is 91.8 Å². The van der Waals surface area contributed by atoms with Crippen LogP contribution in [0.1, 0.15) is 137 Å². The lowest BCUT2D eigenvalue weighted by atomic mass is 9.91. The number of carboxylic acids is 1. The fourth-order valence-electron chi connectivity index (χ4n) is 11.1. The highest BCUT2D eigenvalue weighted by Gasteiger charge is 2.43. The number of β-amino-alcohol motifs (C(OH)–C–C–N with tert-alkyl or cyclic N) is 1. The summed E-state index contributed by atoms with van der Waals surface area (Å²) < 4.78 is 33.5. The number of unbranched alkanes of at least 4 members (excludes halogenated alkanes) is 5. The summed E-state index contributed by atoms with van der Waals surface area (Å²) in [6.45, 7) is 7.77. The Morgan fingerprint density at radius 2 is 1.70 bits per heavy atom. The number of amides is 4. The van der Waals surface area contributed by atoms with Crippen LogP contribution in [0, 0.1) is 30.5 Å². The highest BCUT2D eigenvalue weighted by molar-refractivity contribution is 7.22. The number of fused-ring (bicyclic) bond motifs is 2. The van der Waals surface area contributed by atoms with Gasteiger partial charge < -0.3 is 44.2 Å². The van der Waals surface area contributed by atoms with Crippen LogP contribution in [0.2, 0.25) is 0 Å². The number of carbonyl (C=O) groups is 5. The molecule has 1 fully saturated rings. The van der Waals surface area contributed by atoms with Crippen molar-refractivity contribution in [2.45, 2.75) is 123 Å². The second-order valence-corrected chi connectivity index (χ2v) is 25.8. The van der Waals surface area contributed by atoms with Crippen molar-refractivity contribution in [2.75, 3.05) is 50.1 Å². The number of benzene rings is 4. The summed E-state index contributed by atoms with van der Waals surface area (Å²) in [5.74, 6) is 2.94. The lowest BCUT2D eigenvalue weighted by Crippen LogP contribution is -2.48. The van der Waals surface area contributed by atoms with Crippen LogP contribution in [0.3, 0.4) is 0 Å². The fourth-order valence-corrected chi connectivity index (χ4v) is 13.9. The molecule has 6 heterocycles. The molecule has 4 aromatic heterocycles. The van der Waals surface area contributed by atoms with E-state index < -0.39 is 29.9 Å². The van der Waals surface area contributed by atoms with Gasteiger partial charge in [-0.1, -0.05) is 111 Å². The third-order valence-corrected chi connectivity index (χ3v) is 19.1.